The molecule has 0 aromatic carbocycles. The fraction of sp³-hybridized carbons (Fsp3) is 0.200. The Balaban J connectivity index is 0.000000146. The van der Waals surface area contributed by atoms with Crippen LogP contribution in [0.25, 0.3) is 0 Å². The topological polar surface area (TPSA) is 9.23 Å². The molecule has 2 heterocycles. The zero-order valence-electron chi connectivity index (χ0n) is 7.77. The summed E-state index contributed by atoms with van der Waals surface area (Å²) in [4.78, 5) is 0. The first-order valence-corrected chi connectivity index (χ1v) is 7.02. The largest absolute Gasteiger partial charge is 0.484 e. The van der Waals surface area contributed by atoms with E-state index in [1.54, 1.807) is 22.7 Å². The lowest BCUT2D eigenvalue weighted by molar-refractivity contribution is 0.350. The van der Waals surface area contributed by atoms with E-state index in [-0.39, 0.29) is 0 Å². The van der Waals surface area contributed by atoms with Crippen molar-refractivity contribution in [2.45, 2.75) is 6.92 Å². The van der Waals surface area contributed by atoms with Crippen molar-refractivity contribution in [2.24, 2.45) is 0 Å². The van der Waals surface area contributed by atoms with Crippen LogP contribution in [0.5, 0.6) is 5.06 Å². The van der Waals surface area contributed by atoms with Gasteiger partial charge in [0.15, 0.2) is 5.06 Å². The van der Waals surface area contributed by atoms with Gasteiger partial charge in [-0.15, -0.1) is 22.7 Å². The Morgan fingerprint density at radius 3 is 2.29 bits per heavy atom. The predicted octanol–water partition coefficient (Wildman–Crippen LogP) is 4.50. The summed E-state index contributed by atoms with van der Waals surface area (Å²) in [6.07, 6.45) is 0. The summed E-state index contributed by atoms with van der Waals surface area (Å²) in [5, 5.41) is 5.08. The highest BCUT2D eigenvalue weighted by atomic mass is 127. The van der Waals surface area contributed by atoms with E-state index in [1.165, 1.54) is 2.88 Å². The van der Waals surface area contributed by atoms with Crippen LogP contribution in [0.15, 0.2) is 35.0 Å². The van der Waals surface area contributed by atoms with Gasteiger partial charge < -0.3 is 4.74 Å². The Labute approximate surface area is 106 Å². The number of ether oxygens (including phenoxy) is 1. The van der Waals surface area contributed by atoms with Gasteiger partial charge in [-0.2, -0.15) is 0 Å². The molecule has 14 heavy (non-hydrogen) atoms. The Kier molecular flexibility index (Phi) is 6.22. The van der Waals surface area contributed by atoms with Crippen molar-refractivity contribution in [1.29, 1.82) is 0 Å². The zero-order chi connectivity index (χ0) is 10.2. The first kappa shape index (κ1) is 12.0. The van der Waals surface area contributed by atoms with E-state index in [1.807, 2.05) is 30.5 Å². The van der Waals surface area contributed by atoms with E-state index < -0.39 is 0 Å². The maximum Gasteiger partial charge on any atom is 0.173 e. The Hall–Kier alpha value is -0.0700. The summed E-state index contributed by atoms with van der Waals surface area (Å²) in [5.41, 5.74) is 0. The second-order valence-electron chi connectivity index (χ2n) is 2.28. The fourth-order valence-corrected chi connectivity index (χ4v) is 2.47. The van der Waals surface area contributed by atoms with Crippen molar-refractivity contribution in [2.75, 3.05) is 6.61 Å². The molecule has 0 atom stereocenters. The van der Waals surface area contributed by atoms with Crippen LogP contribution >= 0.6 is 45.3 Å². The average Bonchev–Trinajstić information content (AvgIpc) is 2.79. The van der Waals surface area contributed by atoms with Crippen molar-refractivity contribution in [3.63, 3.8) is 0 Å². The van der Waals surface area contributed by atoms with Crippen molar-refractivity contribution >= 4 is 45.3 Å². The summed E-state index contributed by atoms with van der Waals surface area (Å²) >= 11 is 5.68. The van der Waals surface area contributed by atoms with Gasteiger partial charge in [0.25, 0.3) is 0 Å². The molecule has 2 aromatic rings. The van der Waals surface area contributed by atoms with Gasteiger partial charge in [0.2, 0.25) is 0 Å². The van der Waals surface area contributed by atoms with Crippen molar-refractivity contribution in [3.05, 3.63) is 37.9 Å². The lowest BCUT2D eigenvalue weighted by atomic mass is 10.6. The third-order valence-corrected chi connectivity index (χ3v) is 3.82. The summed E-state index contributed by atoms with van der Waals surface area (Å²) in [6.45, 7) is 2.75. The van der Waals surface area contributed by atoms with Crippen LogP contribution in [0.2, 0.25) is 0 Å². The molecule has 2 aromatic heterocycles. The number of hydrogen-bond donors (Lipinski definition) is 0. The molecule has 0 saturated carbocycles. The maximum atomic E-state index is 5.16. The van der Waals surface area contributed by atoms with E-state index in [2.05, 4.69) is 34.0 Å². The van der Waals surface area contributed by atoms with Crippen LogP contribution < -0.4 is 4.74 Å². The van der Waals surface area contributed by atoms with Crippen LogP contribution in [0, 0.1) is 2.88 Å². The molecule has 0 radical (unpaired) electrons. The molecule has 0 spiro atoms. The van der Waals surface area contributed by atoms with Crippen LogP contribution in [-0.4, -0.2) is 6.61 Å². The van der Waals surface area contributed by atoms with Gasteiger partial charge in [-0.1, -0.05) is 6.07 Å². The Morgan fingerprint density at radius 2 is 1.93 bits per heavy atom. The second-order valence-corrected chi connectivity index (χ2v) is 6.03. The van der Waals surface area contributed by atoms with Gasteiger partial charge in [-0.25, -0.2) is 0 Å². The van der Waals surface area contributed by atoms with Crippen LogP contribution in [0.3, 0.4) is 0 Å². The molecular formula is C10H11IOS2. The predicted molar refractivity (Wildman–Crippen MR) is 72.5 cm³/mol. The number of rotatable bonds is 2. The molecule has 0 bridgehead atoms. The first-order chi connectivity index (χ1) is 6.83. The molecule has 2 rings (SSSR count). The molecule has 0 amide bonds. The standard InChI is InChI=1S/C6H8OS.C4H3IS/c1-2-7-6-4-3-5-8-6;5-4-2-1-3-6-4/h3-5H,2H2,1H3;1-3H. The van der Waals surface area contributed by atoms with Gasteiger partial charge in [-0.05, 0) is 58.5 Å². The average molecular weight is 338 g/mol. The summed E-state index contributed by atoms with van der Waals surface area (Å²) in [5.74, 6) is 0. The highest BCUT2D eigenvalue weighted by molar-refractivity contribution is 14.1. The summed E-state index contributed by atoms with van der Waals surface area (Å²) in [7, 11) is 0. The van der Waals surface area contributed by atoms with Gasteiger partial charge in [0.1, 0.15) is 0 Å². The maximum absolute atomic E-state index is 5.16. The van der Waals surface area contributed by atoms with Gasteiger partial charge in [-0.3, -0.25) is 0 Å². The molecular weight excluding hydrogens is 327 g/mol. The molecule has 0 aliphatic heterocycles. The SMILES string of the molecule is CCOc1cccs1.Ic1cccs1. The van der Waals surface area contributed by atoms with E-state index in [9.17, 15) is 0 Å². The van der Waals surface area contributed by atoms with Gasteiger partial charge in [0, 0.05) is 0 Å². The monoisotopic (exact) mass is 338 g/mol. The number of halogens is 1. The third-order valence-electron chi connectivity index (χ3n) is 1.27. The molecule has 0 fully saturated rings. The van der Waals surface area contributed by atoms with Crippen LogP contribution in [-0.2, 0) is 0 Å². The second kappa shape index (κ2) is 7.25. The van der Waals surface area contributed by atoms with E-state index >= 15 is 0 Å². The molecule has 0 aliphatic carbocycles. The minimum atomic E-state index is 0.764. The first-order valence-electron chi connectivity index (χ1n) is 4.18. The third kappa shape index (κ3) is 4.97. The highest BCUT2D eigenvalue weighted by Crippen LogP contribution is 2.17. The molecule has 4 heteroatoms. The molecule has 1 nitrogen and oxygen atoms in total. The quantitative estimate of drug-likeness (QED) is 0.733. The molecule has 76 valence electrons. The summed E-state index contributed by atoms with van der Waals surface area (Å²) in [6, 6.07) is 8.08. The van der Waals surface area contributed by atoms with Crippen LogP contribution in [0.4, 0.5) is 0 Å². The Bertz CT molecular complexity index is 316. The normalized spacial score (nSPS) is 9.00. The van der Waals surface area contributed by atoms with E-state index in [0.29, 0.717) is 0 Å². The molecule has 0 saturated heterocycles. The van der Waals surface area contributed by atoms with Crippen LogP contribution in [0.1, 0.15) is 6.92 Å². The van der Waals surface area contributed by atoms with Crippen molar-refractivity contribution in [1.82, 2.24) is 0 Å². The smallest absolute Gasteiger partial charge is 0.173 e. The molecule has 0 N–H and O–H groups in total. The van der Waals surface area contributed by atoms with Gasteiger partial charge >= 0.3 is 0 Å². The van der Waals surface area contributed by atoms with Crippen molar-refractivity contribution in [3.8, 4) is 5.06 Å². The lowest BCUT2D eigenvalue weighted by Crippen LogP contribution is -1.86. The zero-order valence-corrected chi connectivity index (χ0v) is 11.6. The minimum Gasteiger partial charge on any atom is -0.484 e. The fourth-order valence-electron chi connectivity index (χ4n) is 0.746. The number of thiophene rings is 2. The van der Waals surface area contributed by atoms with Crippen molar-refractivity contribution < 1.29 is 4.74 Å². The molecule has 0 aliphatic rings. The lowest BCUT2D eigenvalue weighted by Gasteiger charge is -1.93. The summed E-state index contributed by atoms with van der Waals surface area (Å²) < 4.78 is 6.52. The van der Waals surface area contributed by atoms with E-state index in [0.717, 1.165) is 11.7 Å². The Morgan fingerprint density at radius 1 is 1.21 bits per heavy atom. The molecule has 0 unspecified atom stereocenters. The van der Waals surface area contributed by atoms with E-state index in [4.69, 9.17) is 4.74 Å². The highest BCUT2D eigenvalue weighted by Gasteiger charge is 1.86. The number of hydrogen-bond acceptors (Lipinski definition) is 3. The van der Waals surface area contributed by atoms with Gasteiger partial charge in [0.05, 0.1) is 9.49 Å². The minimum absolute atomic E-state index is 0.764.